The number of hydrogen-bond acceptors (Lipinski definition) is 3. The minimum absolute atomic E-state index is 0.203. The van der Waals surface area contributed by atoms with Gasteiger partial charge in [0, 0.05) is 11.1 Å². The minimum atomic E-state index is -0.260. The van der Waals surface area contributed by atoms with Crippen molar-refractivity contribution < 1.29 is 14.3 Å². The number of carbonyl (C=O) groups is 2. The molecule has 0 unspecified atom stereocenters. The van der Waals surface area contributed by atoms with Gasteiger partial charge in [0.1, 0.15) is 11.5 Å². The topological polar surface area (TPSA) is 43.4 Å². The molecule has 0 atom stereocenters. The van der Waals surface area contributed by atoms with Crippen LogP contribution in [0.15, 0.2) is 66.7 Å². The first-order chi connectivity index (χ1) is 11.7. The third-order valence-electron chi connectivity index (χ3n) is 3.96. The van der Waals surface area contributed by atoms with E-state index in [-0.39, 0.29) is 27.7 Å². The Morgan fingerprint density at radius 3 is 1.92 bits per heavy atom. The molecule has 0 saturated carbocycles. The standard InChI is InChI=1S/C20H11ClO3/c21-15-10-11-16(24-12-6-2-1-3-7-12)18-17(15)19(22)13-8-4-5-9-14(13)20(18)23/h1-11H. The van der Waals surface area contributed by atoms with Crippen molar-refractivity contribution >= 4 is 23.2 Å². The number of benzene rings is 3. The Hall–Kier alpha value is -2.91. The van der Waals surface area contributed by atoms with E-state index >= 15 is 0 Å². The Labute approximate surface area is 143 Å². The van der Waals surface area contributed by atoms with Gasteiger partial charge >= 0.3 is 0 Å². The molecule has 3 aromatic rings. The molecule has 3 nitrogen and oxygen atoms in total. The van der Waals surface area contributed by atoms with Crippen LogP contribution >= 0.6 is 11.6 Å². The third kappa shape index (κ3) is 2.22. The van der Waals surface area contributed by atoms with Crippen LogP contribution in [-0.4, -0.2) is 11.6 Å². The normalized spacial score (nSPS) is 12.5. The molecule has 0 aromatic heterocycles. The molecule has 1 aliphatic rings. The summed E-state index contributed by atoms with van der Waals surface area (Å²) in [5.74, 6) is 0.395. The van der Waals surface area contributed by atoms with E-state index in [1.807, 2.05) is 18.2 Å². The zero-order valence-corrected chi connectivity index (χ0v) is 13.2. The summed E-state index contributed by atoms with van der Waals surface area (Å²) in [6.07, 6.45) is 0. The van der Waals surface area contributed by atoms with Gasteiger partial charge in [0.2, 0.25) is 0 Å². The first-order valence-corrected chi connectivity index (χ1v) is 7.78. The van der Waals surface area contributed by atoms with Crippen molar-refractivity contribution in [3.8, 4) is 11.5 Å². The highest BCUT2D eigenvalue weighted by atomic mass is 35.5. The molecule has 3 aromatic carbocycles. The fourth-order valence-corrected chi connectivity index (χ4v) is 3.10. The summed E-state index contributed by atoms with van der Waals surface area (Å²) >= 11 is 6.22. The van der Waals surface area contributed by atoms with Crippen LogP contribution in [0, 0.1) is 0 Å². The summed E-state index contributed by atoms with van der Waals surface area (Å²) in [4.78, 5) is 25.7. The fourth-order valence-electron chi connectivity index (χ4n) is 2.85. The Morgan fingerprint density at radius 2 is 1.25 bits per heavy atom. The lowest BCUT2D eigenvalue weighted by atomic mass is 9.83. The van der Waals surface area contributed by atoms with Gasteiger partial charge in [-0.15, -0.1) is 0 Å². The van der Waals surface area contributed by atoms with E-state index in [4.69, 9.17) is 16.3 Å². The monoisotopic (exact) mass is 334 g/mol. The first kappa shape index (κ1) is 14.7. The molecule has 0 heterocycles. The molecule has 0 N–H and O–H groups in total. The predicted molar refractivity (Wildman–Crippen MR) is 91.3 cm³/mol. The second-order valence-electron chi connectivity index (χ2n) is 5.41. The molecule has 0 radical (unpaired) electrons. The van der Waals surface area contributed by atoms with Crippen molar-refractivity contribution in [3.05, 3.63) is 94.0 Å². The maximum Gasteiger partial charge on any atom is 0.198 e. The van der Waals surface area contributed by atoms with Crippen molar-refractivity contribution in [2.75, 3.05) is 0 Å². The second-order valence-corrected chi connectivity index (χ2v) is 5.82. The number of fused-ring (bicyclic) bond motifs is 2. The Kier molecular flexibility index (Phi) is 3.44. The van der Waals surface area contributed by atoms with Crippen molar-refractivity contribution in [1.82, 2.24) is 0 Å². The highest BCUT2D eigenvalue weighted by Crippen LogP contribution is 2.38. The van der Waals surface area contributed by atoms with Crippen LogP contribution in [0.2, 0.25) is 5.02 Å². The molecule has 0 saturated heterocycles. The van der Waals surface area contributed by atoms with E-state index in [0.29, 0.717) is 22.6 Å². The Morgan fingerprint density at radius 1 is 0.667 bits per heavy atom. The summed E-state index contributed by atoms with van der Waals surface area (Å²) in [6.45, 7) is 0. The van der Waals surface area contributed by atoms with Crippen LogP contribution < -0.4 is 4.74 Å². The highest BCUT2D eigenvalue weighted by molar-refractivity contribution is 6.39. The van der Waals surface area contributed by atoms with Crippen LogP contribution in [-0.2, 0) is 0 Å². The van der Waals surface area contributed by atoms with E-state index in [9.17, 15) is 9.59 Å². The van der Waals surface area contributed by atoms with Gasteiger partial charge in [0.15, 0.2) is 11.6 Å². The lowest BCUT2D eigenvalue weighted by molar-refractivity contribution is 0.0977. The Bertz CT molecular complexity index is 977. The summed E-state index contributed by atoms with van der Waals surface area (Å²) in [7, 11) is 0. The molecule has 0 fully saturated rings. The van der Waals surface area contributed by atoms with Crippen molar-refractivity contribution in [1.29, 1.82) is 0 Å². The van der Waals surface area contributed by atoms with Crippen LogP contribution in [0.5, 0.6) is 11.5 Å². The largest absolute Gasteiger partial charge is 0.457 e. The molecule has 116 valence electrons. The molecule has 0 bridgehead atoms. The van der Waals surface area contributed by atoms with Gasteiger partial charge in [-0.05, 0) is 24.3 Å². The van der Waals surface area contributed by atoms with E-state index in [1.165, 1.54) is 0 Å². The van der Waals surface area contributed by atoms with Gasteiger partial charge in [-0.25, -0.2) is 0 Å². The number of halogens is 1. The van der Waals surface area contributed by atoms with Crippen LogP contribution in [0.4, 0.5) is 0 Å². The summed E-state index contributed by atoms with van der Waals surface area (Å²) < 4.78 is 5.83. The highest BCUT2D eigenvalue weighted by Gasteiger charge is 2.34. The van der Waals surface area contributed by atoms with E-state index < -0.39 is 0 Å². The van der Waals surface area contributed by atoms with Crippen molar-refractivity contribution in [2.45, 2.75) is 0 Å². The predicted octanol–water partition coefficient (Wildman–Crippen LogP) is 4.91. The SMILES string of the molecule is O=C1c2ccccc2C(=O)c2c(Oc3ccccc3)ccc(Cl)c21. The summed E-state index contributed by atoms with van der Waals surface area (Å²) in [6, 6.07) is 19.0. The van der Waals surface area contributed by atoms with Crippen molar-refractivity contribution in [3.63, 3.8) is 0 Å². The number of carbonyl (C=O) groups excluding carboxylic acids is 2. The van der Waals surface area contributed by atoms with Gasteiger partial charge in [-0.3, -0.25) is 9.59 Å². The quantitative estimate of drug-likeness (QED) is 0.523. The molecule has 4 rings (SSSR count). The molecular formula is C20H11ClO3. The van der Waals surface area contributed by atoms with Gasteiger partial charge in [0.05, 0.1) is 16.1 Å². The number of para-hydroxylation sites is 1. The molecule has 0 amide bonds. The van der Waals surface area contributed by atoms with E-state index in [0.717, 1.165) is 0 Å². The van der Waals surface area contributed by atoms with Crippen LogP contribution in [0.1, 0.15) is 31.8 Å². The maximum atomic E-state index is 12.9. The molecule has 1 aliphatic carbocycles. The summed E-state index contributed by atoms with van der Waals surface area (Å²) in [5, 5.41) is 0.248. The smallest absolute Gasteiger partial charge is 0.198 e. The minimum Gasteiger partial charge on any atom is -0.457 e. The molecule has 0 aliphatic heterocycles. The zero-order valence-electron chi connectivity index (χ0n) is 12.5. The molecule has 0 spiro atoms. The van der Waals surface area contributed by atoms with Gasteiger partial charge < -0.3 is 4.74 Å². The van der Waals surface area contributed by atoms with Gasteiger partial charge in [-0.1, -0.05) is 54.1 Å². The second kappa shape index (κ2) is 5.62. The third-order valence-corrected chi connectivity index (χ3v) is 4.27. The van der Waals surface area contributed by atoms with Gasteiger partial charge in [0.25, 0.3) is 0 Å². The number of rotatable bonds is 2. The van der Waals surface area contributed by atoms with E-state index in [1.54, 1.807) is 48.5 Å². The average molecular weight is 335 g/mol. The lowest BCUT2D eigenvalue weighted by Gasteiger charge is -2.21. The average Bonchev–Trinajstić information content (AvgIpc) is 2.62. The summed E-state index contributed by atoms with van der Waals surface area (Å²) in [5.41, 5.74) is 1.16. The van der Waals surface area contributed by atoms with Crippen LogP contribution in [0.3, 0.4) is 0 Å². The Balaban J connectivity index is 1.92. The molecule has 4 heteroatoms. The van der Waals surface area contributed by atoms with Gasteiger partial charge in [-0.2, -0.15) is 0 Å². The number of ketones is 2. The van der Waals surface area contributed by atoms with Crippen molar-refractivity contribution in [2.24, 2.45) is 0 Å². The molecule has 24 heavy (non-hydrogen) atoms. The maximum absolute atomic E-state index is 12.9. The first-order valence-electron chi connectivity index (χ1n) is 7.40. The number of ether oxygens (including phenoxy) is 1. The zero-order chi connectivity index (χ0) is 16.7. The lowest BCUT2D eigenvalue weighted by Crippen LogP contribution is -2.22. The number of hydrogen-bond donors (Lipinski definition) is 0. The fraction of sp³-hybridized carbons (Fsp3) is 0. The molecular weight excluding hydrogens is 324 g/mol. The van der Waals surface area contributed by atoms with Crippen LogP contribution in [0.25, 0.3) is 0 Å². The van der Waals surface area contributed by atoms with E-state index in [2.05, 4.69) is 0 Å².